The number of benzene rings is 2. The summed E-state index contributed by atoms with van der Waals surface area (Å²) in [5.74, 6) is 0.808. The van der Waals surface area contributed by atoms with Gasteiger partial charge in [-0.15, -0.1) is 11.6 Å². The van der Waals surface area contributed by atoms with E-state index in [1.807, 2.05) is 24.3 Å². The molecule has 0 aliphatic heterocycles. The molecular weight excluding hydrogens is 426 g/mol. The van der Waals surface area contributed by atoms with Gasteiger partial charge in [-0.3, -0.25) is 0 Å². The number of amides is 1. The van der Waals surface area contributed by atoms with Crippen LogP contribution < -0.4 is 0 Å². The molecule has 0 radical (unpaired) electrons. The van der Waals surface area contributed by atoms with Crippen molar-refractivity contribution in [3.63, 3.8) is 0 Å². The topological polar surface area (TPSA) is 48.0 Å². The maximum atomic E-state index is 12.5. The number of hydrogen-bond donors (Lipinski definition) is 0. The van der Waals surface area contributed by atoms with E-state index in [0.29, 0.717) is 33.0 Å². The molecule has 0 saturated heterocycles. The average Bonchev–Trinajstić information content (AvgIpc) is 3.14. The Morgan fingerprint density at radius 3 is 2.09 bits per heavy atom. The largest absolute Gasteiger partial charge is 0.448 e. The molecule has 0 fully saturated rings. The number of nitrogens with zero attached hydrogens (tertiary/aromatic N) is 1. The van der Waals surface area contributed by atoms with Crippen LogP contribution in [-0.2, 0) is 14.2 Å². The van der Waals surface area contributed by atoms with Crippen LogP contribution in [0.2, 0.25) is 0 Å². The zero-order chi connectivity index (χ0) is 22.6. The number of likely N-dealkylation sites (N-methyl/N-ethyl adjacent to an activating group) is 1. The molecule has 5 nitrogen and oxygen atoms in total. The van der Waals surface area contributed by atoms with Gasteiger partial charge in [0.2, 0.25) is 0 Å². The minimum Gasteiger partial charge on any atom is -0.448 e. The summed E-state index contributed by atoms with van der Waals surface area (Å²) in [5, 5.41) is 0. The van der Waals surface area contributed by atoms with Crippen molar-refractivity contribution in [2.24, 2.45) is 0 Å². The fourth-order valence-corrected chi connectivity index (χ4v) is 4.16. The minimum absolute atomic E-state index is 0.0723. The second-order valence-corrected chi connectivity index (χ2v) is 8.43. The van der Waals surface area contributed by atoms with Gasteiger partial charge in [-0.2, -0.15) is 0 Å². The van der Waals surface area contributed by atoms with E-state index >= 15 is 0 Å². The summed E-state index contributed by atoms with van der Waals surface area (Å²) in [4.78, 5) is 14.0. The summed E-state index contributed by atoms with van der Waals surface area (Å²) >= 11 is 5.66. The first-order valence-corrected chi connectivity index (χ1v) is 12.0. The molecule has 2 aromatic carbocycles. The van der Waals surface area contributed by atoms with E-state index in [1.54, 1.807) is 11.9 Å². The van der Waals surface area contributed by atoms with Crippen LogP contribution >= 0.6 is 11.6 Å². The summed E-state index contributed by atoms with van der Waals surface area (Å²) in [7, 11) is 1.74. The van der Waals surface area contributed by atoms with Gasteiger partial charge in [0.25, 0.3) is 0 Å². The summed E-state index contributed by atoms with van der Waals surface area (Å²) in [6, 6.07) is 16.7. The molecule has 174 valence electrons. The first kappa shape index (κ1) is 24.6. The third kappa shape index (κ3) is 6.96. The molecule has 0 atom stereocenters. The van der Waals surface area contributed by atoms with Gasteiger partial charge in [0.1, 0.15) is 6.61 Å². The third-order valence-corrected chi connectivity index (χ3v) is 6.03. The number of ether oxygens (including phenoxy) is 3. The van der Waals surface area contributed by atoms with Crippen LogP contribution in [0.25, 0.3) is 11.1 Å². The molecule has 0 unspecified atom stereocenters. The number of unbranched alkanes of at least 4 members (excludes halogenated alkanes) is 3. The molecule has 3 rings (SSSR count). The summed E-state index contributed by atoms with van der Waals surface area (Å²) in [5.41, 5.74) is 4.88. The fraction of sp³-hybridized carbons (Fsp3) is 0.500. The van der Waals surface area contributed by atoms with Crippen LogP contribution in [0, 0.1) is 0 Å². The summed E-state index contributed by atoms with van der Waals surface area (Å²) in [6.07, 6.45) is 4.11. The Labute approximate surface area is 196 Å². The number of halogens is 1. The standard InChI is InChI=1S/C26H34ClNO4/c1-28(15-17-31-19-18-30-16-9-3-2-8-14-27)26(29)32-20-25-23-12-6-4-10-21(23)22-11-5-7-13-24(22)25/h4-7,10-13,25H,2-3,8-9,14-20H2,1H3. The highest BCUT2D eigenvalue weighted by molar-refractivity contribution is 6.17. The lowest BCUT2D eigenvalue weighted by Gasteiger charge is -2.19. The van der Waals surface area contributed by atoms with E-state index in [1.165, 1.54) is 22.3 Å². The quantitative estimate of drug-likeness (QED) is 0.268. The van der Waals surface area contributed by atoms with Gasteiger partial charge >= 0.3 is 6.09 Å². The number of rotatable bonds is 14. The van der Waals surface area contributed by atoms with Crippen molar-refractivity contribution in [1.82, 2.24) is 4.90 Å². The van der Waals surface area contributed by atoms with Crippen molar-refractivity contribution < 1.29 is 19.0 Å². The van der Waals surface area contributed by atoms with Crippen molar-refractivity contribution in [3.05, 3.63) is 59.7 Å². The first-order chi connectivity index (χ1) is 15.7. The van der Waals surface area contributed by atoms with Crippen molar-refractivity contribution >= 4 is 17.7 Å². The van der Waals surface area contributed by atoms with Crippen LogP contribution in [-0.4, -0.2) is 63.5 Å². The lowest BCUT2D eigenvalue weighted by Crippen LogP contribution is -2.32. The van der Waals surface area contributed by atoms with Crippen molar-refractivity contribution in [2.45, 2.75) is 31.6 Å². The number of hydrogen-bond acceptors (Lipinski definition) is 4. The number of carbonyl (C=O) groups is 1. The summed E-state index contributed by atoms with van der Waals surface area (Å²) in [6.45, 7) is 3.13. The highest BCUT2D eigenvalue weighted by Gasteiger charge is 2.29. The zero-order valence-electron chi connectivity index (χ0n) is 18.9. The minimum atomic E-state index is -0.330. The van der Waals surface area contributed by atoms with Crippen LogP contribution in [0.4, 0.5) is 4.79 Å². The lowest BCUT2D eigenvalue weighted by molar-refractivity contribution is 0.0371. The van der Waals surface area contributed by atoms with Gasteiger partial charge in [0, 0.05) is 32.0 Å². The van der Waals surface area contributed by atoms with E-state index in [4.69, 9.17) is 25.8 Å². The zero-order valence-corrected chi connectivity index (χ0v) is 19.7. The second kappa shape index (κ2) is 13.5. The monoisotopic (exact) mass is 459 g/mol. The Morgan fingerprint density at radius 1 is 0.844 bits per heavy atom. The molecule has 0 heterocycles. The van der Waals surface area contributed by atoms with Gasteiger partial charge in [0.05, 0.1) is 19.8 Å². The Kier molecular flexibility index (Phi) is 10.3. The maximum absolute atomic E-state index is 12.5. The fourth-order valence-electron chi connectivity index (χ4n) is 3.97. The molecule has 2 aromatic rings. The van der Waals surface area contributed by atoms with Crippen molar-refractivity contribution in [3.8, 4) is 11.1 Å². The smallest absolute Gasteiger partial charge is 0.409 e. The molecule has 6 heteroatoms. The van der Waals surface area contributed by atoms with Gasteiger partial charge in [0.15, 0.2) is 0 Å². The van der Waals surface area contributed by atoms with Gasteiger partial charge in [-0.05, 0) is 35.1 Å². The SMILES string of the molecule is CN(CCOCCOCCCCCCCl)C(=O)OCC1c2ccccc2-c2ccccc21. The Bertz CT molecular complexity index is 799. The van der Waals surface area contributed by atoms with Crippen molar-refractivity contribution in [2.75, 3.05) is 52.5 Å². The van der Waals surface area contributed by atoms with Crippen molar-refractivity contribution in [1.29, 1.82) is 0 Å². The normalized spacial score (nSPS) is 12.4. The van der Waals surface area contributed by atoms with Crippen LogP contribution in [0.1, 0.15) is 42.7 Å². The first-order valence-electron chi connectivity index (χ1n) is 11.5. The van der Waals surface area contributed by atoms with Gasteiger partial charge in [-0.25, -0.2) is 4.79 Å². The Morgan fingerprint density at radius 2 is 1.44 bits per heavy atom. The molecule has 0 spiro atoms. The number of fused-ring (bicyclic) bond motifs is 3. The Hall–Kier alpha value is -2.08. The highest BCUT2D eigenvalue weighted by atomic mass is 35.5. The molecule has 32 heavy (non-hydrogen) atoms. The molecule has 0 aromatic heterocycles. The van der Waals surface area contributed by atoms with E-state index < -0.39 is 0 Å². The number of alkyl halides is 1. The molecular formula is C26H34ClNO4. The van der Waals surface area contributed by atoms with Crippen LogP contribution in [0.15, 0.2) is 48.5 Å². The lowest BCUT2D eigenvalue weighted by atomic mass is 9.98. The van der Waals surface area contributed by atoms with Crippen LogP contribution in [0.5, 0.6) is 0 Å². The average molecular weight is 460 g/mol. The summed E-state index contributed by atoms with van der Waals surface area (Å²) < 4.78 is 16.8. The predicted molar refractivity (Wildman–Crippen MR) is 129 cm³/mol. The van der Waals surface area contributed by atoms with E-state index in [9.17, 15) is 4.79 Å². The van der Waals surface area contributed by atoms with Crippen LogP contribution in [0.3, 0.4) is 0 Å². The molecule has 1 amide bonds. The predicted octanol–water partition coefficient (Wildman–Crippen LogP) is 5.70. The third-order valence-electron chi connectivity index (χ3n) is 5.76. The highest BCUT2D eigenvalue weighted by Crippen LogP contribution is 2.44. The van der Waals surface area contributed by atoms with Gasteiger partial charge in [-0.1, -0.05) is 61.4 Å². The maximum Gasteiger partial charge on any atom is 0.409 e. The van der Waals surface area contributed by atoms with Gasteiger partial charge < -0.3 is 19.1 Å². The Balaban J connectivity index is 1.31. The second-order valence-electron chi connectivity index (χ2n) is 8.05. The number of carbonyl (C=O) groups excluding carboxylic acids is 1. The molecule has 1 aliphatic rings. The molecule has 0 saturated carbocycles. The molecule has 0 N–H and O–H groups in total. The van der Waals surface area contributed by atoms with E-state index in [-0.39, 0.29) is 12.0 Å². The molecule has 1 aliphatic carbocycles. The van der Waals surface area contributed by atoms with E-state index in [2.05, 4.69) is 24.3 Å². The molecule has 0 bridgehead atoms. The van der Waals surface area contributed by atoms with E-state index in [0.717, 1.165) is 38.2 Å².